The second-order valence-electron chi connectivity index (χ2n) is 8.72. The number of hydrogen-bond acceptors (Lipinski definition) is 10. The van der Waals surface area contributed by atoms with Crippen molar-refractivity contribution in [3.8, 4) is 11.3 Å². The lowest BCUT2D eigenvalue weighted by Gasteiger charge is -2.40. The van der Waals surface area contributed by atoms with Crippen LogP contribution in [-0.4, -0.2) is 60.9 Å². The summed E-state index contributed by atoms with van der Waals surface area (Å²) in [7, 11) is 0. The maximum Gasteiger partial charge on any atom is 0.194 e. The van der Waals surface area contributed by atoms with Gasteiger partial charge in [-0.3, -0.25) is 5.01 Å². The van der Waals surface area contributed by atoms with Crippen LogP contribution in [0.3, 0.4) is 0 Å². The maximum absolute atomic E-state index is 13.7. The summed E-state index contributed by atoms with van der Waals surface area (Å²) < 4.78 is 48.9. The van der Waals surface area contributed by atoms with Gasteiger partial charge < -0.3 is 20.8 Å². The van der Waals surface area contributed by atoms with Crippen LogP contribution in [0.1, 0.15) is 17.5 Å². The molecule has 2 aromatic carbocycles. The second-order valence-corrected chi connectivity index (χ2v) is 9.95. The van der Waals surface area contributed by atoms with E-state index in [1.165, 1.54) is 27.2 Å². The largest absolute Gasteiger partial charge is 0.394 e. The second kappa shape index (κ2) is 10.3. The van der Waals surface area contributed by atoms with Crippen molar-refractivity contribution in [1.29, 1.82) is 0 Å². The molecule has 38 heavy (non-hydrogen) atoms. The first-order chi connectivity index (χ1) is 18.2. The van der Waals surface area contributed by atoms with E-state index in [0.717, 1.165) is 27.4 Å². The first-order valence-electron chi connectivity index (χ1n) is 11.4. The predicted octanol–water partition coefficient (Wildman–Crippen LogP) is 1.98. The van der Waals surface area contributed by atoms with Crippen LogP contribution < -0.4 is 16.7 Å². The number of hydrogen-bond donors (Lipinski definition) is 4. The van der Waals surface area contributed by atoms with Crippen molar-refractivity contribution in [1.82, 2.24) is 20.0 Å². The van der Waals surface area contributed by atoms with E-state index in [0.29, 0.717) is 5.69 Å². The Bertz CT molecular complexity index is 1490. The number of nitrogens with two attached hydrogens (primary N) is 2. The SMILES string of the molecule is Cc1nc2ccc(N(N)/C(=N\N)C3CC(n4cc(-c5cc(F)c(F)c(F)c5)nn4)C(O)C(CO)O3)cc2s1. The first kappa shape index (κ1) is 26.0. The summed E-state index contributed by atoms with van der Waals surface area (Å²) >= 11 is 1.50. The summed E-state index contributed by atoms with van der Waals surface area (Å²) in [6, 6.07) is 6.15. The van der Waals surface area contributed by atoms with Gasteiger partial charge in [-0.15, -0.1) is 16.4 Å². The zero-order valence-corrected chi connectivity index (χ0v) is 20.7. The molecule has 5 rings (SSSR count). The molecule has 6 N–H and O–H groups in total. The van der Waals surface area contributed by atoms with Crippen molar-refractivity contribution in [3.05, 3.63) is 59.0 Å². The predicted molar refractivity (Wildman–Crippen MR) is 133 cm³/mol. The molecular formula is C23H23F3N8O3S. The van der Waals surface area contributed by atoms with Gasteiger partial charge in [0, 0.05) is 12.0 Å². The number of aromatic nitrogens is 4. The monoisotopic (exact) mass is 548 g/mol. The van der Waals surface area contributed by atoms with E-state index in [4.69, 9.17) is 16.4 Å². The quantitative estimate of drug-likeness (QED) is 0.0961. The molecule has 4 aromatic rings. The first-order valence-corrected chi connectivity index (χ1v) is 12.2. The smallest absolute Gasteiger partial charge is 0.194 e. The van der Waals surface area contributed by atoms with E-state index in [2.05, 4.69) is 20.4 Å². The molecule has 15 heteroatoms. The highest BCUT2D eigenvalue weighted by atomic mass is 32.1. The number of thiazole rings is 1. The van der Waals surface area contributed by atoms with Gasteiger partial charge in [-0.25, -0.2) is 28.7 Å². The number of hydrazone groups is 1. The number of fused-ring (bicyclic) bond motifs is 1. The Morgan fingerprint density at radius 1 is 1.26 bits per heavy atom. The molecule has 0 amide bonds. The van der Waals surface area contributed by atoms with E-state index in [9.17, 15) is 23.4 Å². The number of hydrazine groups is 1. The molecular weight excluding hydrogens is 525 g/mol. The average Bonchev–Trinajstić information content (AvgIpc) is 3.53. The topological polar surface area (TPSA) is 161 Å². The fourth-order valence-electron chi connectivity index (χ4n) is 4.42. The molecule has 0 radical (unpaired) electrons. The molecule has 1 aliphatic rings. The third-order valence-corrected chi connectivity index (χ3v) is 7.24. The van der Waals surface area contributed by atoms with E-state index in [1.807, 2.05) is 19.1 Å². The minimum atomic E-state index is -1.60. The number of ether oxygens (including phenoxy) is 1. The Hall–Kier alpha value is -3.63. The molecule has 0 bridgehead atoms. The van der Waals surface area contributed by atoms with Gasteiger partial charge in [0.1, 0.15) is 24.0 Å². The van der Waals surface area contributed by atoms with E-state index >= 15 is 0 Å². The molecule has 2 aromatic heterocycles. The molecule has 0 saturated carbocycles. The number of amidine groups is 1. The van der Waals surface area contributed by atoms with Crippen molar-refractivity contribution in [2.75, 3.05) is 11.6 Å². The number of nitrogens with zero attached hydrogens (tertiary/aromatic N) is 6. The van der Waals surface area contributed by atoms with Crippen LogP contribution in [0.25, 0.3) is 21.5 Å². The normalized spacial score (nSPS) is 22.2. The molecule has 4 unspecified atom stereocenters. The molecule has 1 fully saturated rings. The Morgan fingerprint density at radius 3 is 2.68 bits per heavy atom. The van der Waals surface area contributed by atoms with Gasteiger partial charge in [-0.05, 0) is 37.3 Å². The summed E-state index contributed by atoms with van der Waals surface area (Å²) in [5, 5.41) is 34.6. The van der Waals surface area contributed by atoms with Gasteiger partial charge in [-0.2, -0.15) is 5.10 Å². The standard InChI is InChI=1S/C23H23F3N8O3S/c1-10-29-15-3-2-12(6-20(15)38-10)34(28)23(30-27)18-7-17(22(36)19(9-35)37-18)33-8-16(31-32-33)11-4-13(24)21(26)14(25)5-11/h2-6,8,17-19,22,35-36H,7,9,27-28H2,1H3/b30-23-. The van der Waals surface area contributed by atoms with E-state index in [-0.39, 0.29) is 23.5 Å². The number of aryl methyl sites for hydroxylation is 1. The number of aliphatic hydroxyl groups excluding tert-OH is 2. The number of aliphatic hydroxyl groups is 2. The van der Waals surface area contributed by atoms with E-state index in [1.54, 1.807) is 6.07 Å². The Balaban J connectivity index is 1.43. The van der Waals surface area contributed by atoms with Crippen LogP contribution in [0.4, 0.5) is 18.9 Å². The van der Waals surface area contributed by atoms with Crippen LogP contribution in [0.15, 0.2) is 41.6 Å². The third-order valence-electron chi connectivity index (χ3n) is 6.30. The average molecular weight is 549 g/mol. The van der Waals surface area contributed by atoms with Crippen molar-refractivity contribution in [2.24, 2.45) is 16.8 Å². The number of anilines is 1. The molecule has 0 aliphatic carbocycles. The molecule has 0 spiro atoms. The number of benzene rings is 2. The van der Waals surface area contributed by atoms with Crippen molar-refractivity contribution < 1.29 is 28.1 Å². The van der Waals surface area contributed by atoms with Crippen LogP contribution >= 0.6 is 11.3 Å². The molecule has 1 aliphatic heterocycles. The highest BCUT2D eigenvalue weighted by Gasteiger charge is 2.42. The van der Waals surface area contributed by atoms with Crippen molar-refractivity contribution in [2.45, 2.75) is 37.7 Å². The third kappa shape index (κ3) is 4.69. The zero-order valence-electron chi connectivity index (χ0n) is 19.9. The van der Waals surface area contributed by atoms with Crippen molar-refractivity contribution >= 4 is 33.1 Å². The highest BCUT2D eigenvalue weighted by Crippen LogP contribution is 2.33. The minimum absolute atomic E-state index is 0.0416. The summed E-state index contributed by atoms with van der Waals surface area (Å²) in [5.74, 6) is 7.84. The van der Waals surface area contributed by atoms with E-state index < -0.39 is 48.4 Å². The molecule has 1 saturated heterocycles. The summed E-state index contributed by atoms with van der Waals surface area (Å²) in [6.07, 6.45) is -1.80. The van der Waals surface area contributed by atoms with Gasteiger partial charge in [0.15, 0.2) is 23.3 Å². The Kier molecular flexibility index (Phi) is 7.02. The molecule has 200 valence electrons. The summed E-state index contributed by atoms with van der Waals surface area (Å²) in [5.41, 5.74) is 1.37. The van der Waals surface area contributed by atoms with Crippen LogP contribution in [-0.2, 0) is 4.74 Å². The van der Waals surface area contributed by atoms with Crippen LogP contribution in [0.5, 0.6) is 0 Å². The van der Waals surface area contributed by atoms with Gasteiger partial charge in [0.2, 0.25) is 0 Å². The fourth-order valence-corrected chi connectivity index (χ4v) is 5.28. The van der Waals surface area contributed by atoms with Crippen LogP contribution in [0, 0.1) is 24.4 Å². The number of rotatable bonds is 5. The van der Waals surface area contributed by atoms with Gasteiger partial charge in [0.25, 0.3) is 0 Å². The lowest BCUT2D eigenvalue weighted by molar-refractivity contribution is -0.137. The van der Waals surface area contributed by atoms with Gasteiger partial charge in [0.05, 0.1) is 39.8 Å². The zero-order chi connectivity index (χ0) is 27.1. The van der Waals surface area contributed by atoms with Crippen molar-refractivity contribution in [3.63, 3.8) is 0 Å². The minimum Gasteiger partial charge on any atom is -0.394 e. The fraction of sp³-hybridized carbons (Fsp3) is 0.304. The highest BCUT2D eigenvalue weighted by molar-refractivity contribution is 7.18. The van der Waals surface area contributed by atoms with Crippen LogP contribution in [0.2, 0.25) is 0 Å². The Labute approximate surface area is 217 Å². The lowest BCUT2D eigenvalue weighted by atomic mass is 9.94. The maximum atomic E-state index is 13.7. The molecule has 11 nitrogen and oxygen atoms in total. The Morgan fingerprint density at radius 2 is 2.00 bits per heavy atom. The van der Waals surface area contributed by atoms with Gasteiger partial charge in [-0.1, -0.05) is 5.21 Å². The molecule has 4 atom stereocenters. The summed E-state index contributed by atoms with van der Waals surface area (Å²) in [6.45, 7) is 1.35. The summed E-state index contributed by atoms with van der Waals surface area (Å²) in [4.78, 5) is 4.43. The lowest BCUT2D eigenvalue weighted by Crippen LogP contribution is -2.55. The van der Waals surface area contributed by atoms with Gasteiger partial charge >= 0.3 is 0 Å². The molecule has 3 heterocycles. The number of halogens is 3.